The van der Waals surface area contributed by atoms with Crippen molar-refractivity contribution in [1.82, 2.24) is 9.61 Å². The number of hydrogen-bond donors (Lipinski definition) is 0. The topological polar surface area (TPSA) is 26.5 Å². The zero-order valence-electron chi connectivity index (χ0n) is 11.1. The van der Waals surface area contributed by atoms with E-state index in [1.165, 1.54) is 12.1 Å². The summed E-state index contributed by atoms with van der Waals surface area (Å²) in [6.07, 6.45) is -1.17. The minimum absolute atomic E-state index is 0.222. The van der Waals surface area contributed by atoms with Gasteiger partial charge in [-0.15, -0.1) is 13.2 Å². The van der Waals surface area contributed by atoms with E-state index in [1.807, 2.05) is 24.4 Å². The van der Waals surface area contributed by atoms with Crippen LogP contribution in [0.2, 0.25) is 0 Å². The number of rotatable bonds is 2. The first-order valence-corrected chi connectivity index (χ1v) is 6.22. The van der Waals surface area contributed by atoms with Crippen LogP contribution in [0.5, 0.6) is 5.75 Å². The van der Waals surface area contributed by atoms with E-state index < -0.39 is 6.36 Å². The first kappa shape index (κ1) is 13.5. The zero-order valence-corrected chi connectivity index (χ0v) is 11.1. The number of aryl methyl sites for hydroxylation is 1. The summed E-state index contributed by atoms with van der Waals surface area (Å²) in [4.78, 5) is 0. The molecule has 0 saturated heterocycles. The van der Waals surface area contributed by atoms with Gasteiger partial charge in [0.05, 0.1) is 11.7 Å². The van der Waals surface area contributed by atoms with Gasteiger partial charge in [-0.25, -0.2) is 4.52 Å². The van der Waals surface area contributed by atoms with Gasteiger partial charge in [-0.3, -0.25) is 0 Å². The predicted octanol–water partition coefficient (Wildman–Crippen LogP) is 4.21. The van der Waals surface area contributed by atoms with Crippen LogP contribution in [-0.2, 0) is 0 Å². The summed E-state index contributed by atoms with van der Waals surface area (Å²) in [7, 11) is 0. The van der Waals surface area contributed by atoms with Crippen LogP contribution in [0.15, 0.2) is 48.8 Å². The molecule has 3 nitrogen and oxygen atoms in total. The minimum Gasteiger partial charge on any atom is -0.406 e. The molecule has 0 bridgehead atoms. The molecule has 6 heteroatoms. The molecule has 0 saturated carbocycles. The van der Waals surface area contributed by atoms with E-state index in [0.29, 0.717) is 5.56 Å². The third-order valence-corrected chi connectivity index (χ3v) is 3.13. The van der Waals surface area contributed by atoms with Gasteiger partial charge in [0, 0.05) is 11.8 Å². The number of halogens is 3. The van der Waals surface area contributed by atoms with Crippen LogP contribution < -0.4 is 4.74 Å². The molecule has 0 fully saturated rings. The molecule has 0 aliphatic carbocycles. The van der Waals surface area contributed by atoms with Crippen LogP contribution in [0, 0.1) is 6.92 Å². The van der Waals surface area contributed by atoms with Crippen molar-refractivity contribution < 1.29 is 17.9 Å². The van der Waals surface area contributed by atoms with Gasteiger partial charge >= 0.3 is 6.36 Å². The summed E-state index contributed by atoms with van der Waals surface area (Å²) < 4.78 is 42.2. The molecular weight excluding hydrogens is 281 g/mol. The van der Waals surface area contributed by atoms with E-state index in [4.69, 9.17) is 0 Å². The van der Waals surface area contributed by atoms with Crippen LogP contribution in [0.3, 0.4) is 0 Å². The third-order valence-electron chi connectivity index (χ3n) is 3.13. The molecule has 1 aromatic carbocycles. The quantitative estimate of drug-likeness (QED) is 0.707. The second-order valence-electron chi connectivity index (χ2n) is 4.65. The number of ether oxygens (including phenoxy) is 1. The molecule has 3 rings (SSSR count). The van der Waals surface area contributed by atoms with Crippen LogP contribution in [-0.4, -0.2) is 16.0 Å². The lowest BCUT2D eigenvalue weighted by Crippen LogP contribution is -2.17. The van der Waals surface area contributed by atoms with Gasteiger partial charge in [0.15, 0.2) is 0 Å². The standard InChI is InChI=1S/C15H11F3N2O/c1-10-7-13(21-15(16,17)18)4-5-14(10)11-8-12-3-2-6-20(12)19-9-11/h2-9H,1H3. The molecule has 21 heavy (non-hydrogen) atoms. The summed E-state index contributed by atoms with van der Waals surface area (Å²) in [6.45, 7) is 1.74. The van der Waals surface area contributed by atoms with Crippen LogP contribution >= 0.6 is 0 Å². The van der Waals surface area contributed by atoms with E-state index in [0.717, 1.165) is 16.6 Å². The molecule has 2 heterocycles. The van der Waals surface area contributed by atoms with E-state index in [1.54, 1.807) is 23.7 Å². The molecule has 108 valence electrons. The third kappa shape index (κ3) is 2.84. The Bertz CT molecular complexity index is 793. The van der Waals surface area contributed by atoms with Crippen molar-refractivity contribution in [3.63, 3.8) is 0 Å². The van der Waals surface area contributed by atoms with Gasteiger partial charge < -0.3 is 4.74 Å². The number of hydrogen-bond acceptors (Lipinski definition) is 2. The van der Waals surface area contributed by atoms with Crippen LogP contribution in [0.1, 0.15) is 5.56 Å². The summed E-state index contributed by atoms with van der Waals surface area (Å²) in [5.41, 5.74) is 3.27. The highest BCUT2D eigenvalue weighted by molar-refractivity contribution is 5.71. The number of nitrogens with zero attached hydrogens (tertiary/aromatic N) is 2. The normalized spacial score (nSPS) is 11.8. The van der Waals surface area contributed by atoms with Crippen molar-refractivity contribution in [2.75, 3.05) is 0 Å². The first-order valence-electron chi connectivity index (χ1n) is 6.22. The van der Waals surface area contributed by atoms with Crippen molar-refractivity contribution in [2.45, 2.75) is 13.3 Å². The fourth-order valence-corrected chi connectivity index (χ4v) is 2.23. The SMILES string of the molecule is Cc1cc(OC(F)(F)F)ccc1-c1cnn2cccc2c1. The lowest BCUT2D eigenvalue weighted by Gasteiger charge is -2.12. The van der Waals surface area contributed by atoms with Gasteiger partial charge in [-0.05, 0) is 48.4 Å². The Labute approximate surface area is 118 Å². The maximum absolute atomic E-state index is 12.2. The Hall–Kier alpha value is -2.50. The molecule has 0 unspecified atom stereocenters. The van der Waals surface area contributed by atoms with Crippen LogP contribution in [0.4, 0.5) is 13.2 Å². The Morgan fingerprint density at radius 1 is 1.14 bits per heavy atom. The van der Waals surface area contributed by atoms with Crippen molar-refractivity contribution in [3.05, 3.63) is 54.4 Å². The van der Waals surface area contributed by atoms with Gasteiger partial charge in [-0.2, -0.15) is 5.10 Å². The van der Waals surface area contributed by atoms with E-state index in [2.05, 4.69) is 9.84 Å². The molecule has 0 radical (unpaired) electrons. The van der Waals surface area contributed by atoms with Crippen molar-refractivity contribution in [2.24, 2.45) is 0 Å². The molecular formula is C15H11F3N2O. The van der Waals surface area contributed by atoms with E-state index >= 15 is 0 Å². The number of benzene rings is 1. The molecule has 0 atom stereocenters. The molecule has 0 amide bonds. The van der Waals surface area contributed by atoms with Gasteiger partial charge in [0.2, 0.25) is 0 Å². The largest absolute Gasteiger partial charge is 0.573 e. The minimum atomic E-state index is -4.68. The van der Waals surface area contributed by atoms with Gasteiger partial charge in [0.25, 0.3) is 0 Å². The lowest BCUT2D eigenvalue weighted by molar-refractivity contribution is -0.274. The average molecular weight is 292 g/mol. The fraction of sp³-hybridized carbons (Fsp3) is 0.133. The Kier molecular flexibility index (Phi) is 3.08. The van der Waals surface area contributed by atoms with Crippen molar-refractivity contribution >= 4 is 5.52 Å². The second kappa shape index (κ2) is 4.80. The lowest BCUT2D eigenvalue weighted by atomic mass is 10.0. The van der Waals surface area contributed by atoms with Gasteiger partial charge in [-0.1, -0.05) is 6.07 Å². The molecule has 0 N–H and O–H groups in total. The first-order chi connectivity index (χ1) is 9.92. The summed E-state index contributed by atoms with van der Waals surface area (Å²) in [6, 6.07) is 9.99. The molecule has 0 aliphatic heterocycles. The van der Waals surface area contributed by atoms with Crippen molar-refractivity contribution in [1.29, 1.82) is 0 Å². The molecule has 0 aliphatic rings. The highest BCUT2D eigenvalue weighted by Gasteiger charge is 2.31. The highest BCUT2D eigenvalue weighted by atomic mass is 19.4. The maximum Gasteiger partial charge on any atom is 0.573 e. The number of fused-ring (bicyclic) bond motifs is 1. The van der Waals surface area contributed by atoms with E-state index in [9.17, 15) is 13.2 Å². The van der Waals surface area contributed by atoms with E-state index in [-0.39, 0.29) is 5.75 Å². The summed E-state index contributed by atoms with van der Waals surface area (Å²) >= 11 is 0. The molecule has 2 aromatic heterocycles. The summed E-state index contributed by atoms with van der Waals surface area (Å²) in [5, 5.41) is 4.25. The van der Waals surface area contributed by atoms with Crippen LogP contribution in [0.25, 0.3) is 16.6 Å². The fourth-order valence-electron chi connectivity index (χ4n) is 2.23. The average Bonchev–Trinajstić information content (AvgIpc) is 2.84. The van der Waals surface area contributed by atoms with Crippen molar-refractivity contribution in [3.8, 4) is 16.9 Å². The zero-order chi connectivity index (χ0) is 15.0. The smallest absolute Gasteiger partial charge is 0.406 e. The highest BCUT2D eigenvalue weighted by Crippen LogP contribution is 2.29. The Morgan fingerprint density at radius 2 is 1.95 bits per heavy atom. The predicted molar refractivity (Wildman–Crippen MR) is 72.0 cm³/mol. The molecule has 3 aromatic rings. The number of aromatic nitrogens is 2. The summed E-state index contributed by atoms with van der Waals surface area (Å²) in [5.74, 6) is -0.222. The van der Waals surface area contributed by atoms with Gasteiger partial charge in [0.1, 0.15) is 5.75 Å². The molecule has 0 spiro atoms. The maximum atomic E-state index is 12.2. The second-order valence-corrected chi connectivity index (χ2v) is 4.65. The Morgan fingerprint density at radius 3 is 2.67 bits per heavy atom. The Balaban J connectivity index is 1.98. The monoisotopic (exact) mass is 292 g/mol. The number of alkyl halides is 3.